The maximum atomic E-state index is 13.9. The van der Waals surface area contributed by atoms with Crippen LogP contribution in [0.4, 0.5) is 0 Å². The number of rotatable bonds is 11. The van der Waals surface area contributed by atoms with Crippen LogP contribution in [0.25, 0.3) is 0 Å². The van der Waals surface area contributed by atoms with E-state index < -0.39 is 12.1 Å². The zero-order valence-corrected chi connectivity index (χ0v) is 26.7. The van der Waals surface area contributed by atoms with Gasteiger partial charge in [-0.15, -0.1) is 0 Å². The maximum Gasteiger partial charge on any atom is 0.329 e. The molecule has 2 heterocycles. The van der Waals surface area contributed by atoms with Crippen molar-refractivity contribution in [1.29, 1.82) is 0 Å². The lowest BCUT2D eigenvalue weighted by Crippen LogP contribution is -2.58. The Morgan fingerprint density at radius 3 is 2.07 bits per heavy atom. The van der Waals surface area contributed by atoms with E-state index in [9.17, 15) is 19.2 Å². The lowest BCUT2D eigenvalue weighted by molar-refractivity contribution is -0.160. The minimum atomic E-state index is -0.668. The first kappa shape index (κ1) is 33.1. The van der Waals surface area contributed by atoms with Gasteiger partial charge < -0.3 is 19.9 Å². The van der Waals surface area contributed by atoms with E-state index in [-0.39, 0.29) is 59.8 Å². The van der Waals surface area contributed by atoms with Crippen LogP contribution in [0.1, 0.15) is 99.8 Å². The third kappa shape index (κ3) is 8.11. The zero-order chi connectivity index (χ0) is 30.4. The van der Waals surface area contributed by atoms with Gasteiger partial charge in [-0.1, -0.05) is 40.2 Å². The van der Waals surface area contributed by atoms with Crippen LogP contribution in [-0.2, 0) is 23.9 Å². The number of likely N-dealkylation sites (tertiary alicyclic amines) is 2. The molecule has 1 N–H and O–H groups in total. The summed E-state index contributed by atoms with van der Waals surface area (Å²) in [6.45, 7) is 15.3. The Labute approximate surface area is 247 Å². The molecule has 0 spiro atoms. The van der Waals surface area contributed by atoms with Gasteiger partial charge in [0.15, 0.2) is 0 Å². The van der Waals surface area contributed by atoms with Crippen molar-refractivity contribution >= 4 is 23.7 Å². The molecule has 4 atom stereocenters. The molecule has 3 fully saturated rings. The van der Waals surface area contributed by atoms with Crippen LogP contribution in [0.2, 0.25) is 0 Å². The van der Waals surface area contributed by atoms with Crippen LogP contribution in [0.3, 0.4) is 0 Å². The summed E-state index contributed by atoms with van der Waals surface area (Å²) in [5.74, 6) is -0.816. The van der Waals surface area contributed by atoms with Crippen molar-refractivity contribution in [2.45, 2.75) is 136 Å². The average molecular weight is 575 g/mol. The van der Waals surface area contributed by atoms with Crippen LogP contribution in [-0.4, -0.2) is 94.8 Å². The first-order valence-corrected chi connectivity index (χ1v) is 15.9. The van der Waals surface area contributed by atoms with E-state index in [4.69, 9.17) is 4.74 Å². The highest BCUT2D eigenvalue weighted by Gasteiger charge is 2.39. The van der Waals surface area contributed by atoms with Gasteiger partial charge in [0.25, 0.3) is 0 Å². The second-order valence-electron chi connectivity index (χ2n) is 13.3. The van der Waals surface area contributed by atoms with E-state index in [1.54, 1.807) is 23.8 Å². The molecule has 3 amide bonds. The SMILES string of the molecule is C/C(=C\[C@H](C(C)C)N(C)C(=O)[C@@H](NC(=O)C1CCCCN1C(C)C)C(C)C)C(=O)N1CCC[C@H]1C(=O)OC1CCC1. The molecular formula is C32H54N4O5. The average Bonchev–Trinajstić information content (AvgIpc) is 3.40. The van der Waals surface area contributed by atoms with E-state index in [1.807, 2.05) is 33.8 Å². The standard InChI is InChI=1S/C32H54N4O5/c1-20(2)27(19-23(7)30(38)36-18-12-16-26(36)32(40)41-24-13-11-14-24)34(8)31(39)28(21(3)4)33-29(37)25-15-9-10-17-35(25)22(5)6/h19-22,24-28H,9-18H2,1-8H3,(H,33,37)/b23-19+/t25?,26-,27+,28-/m0/s1. The van der Waals surface area contributed by atoms with Crippen LogP contribution in [0.15, 0.2) is 11.6 Å². The number of likely N-dealkylation sites (N-methyl/N-ethyl adjacent to an activating group) is 1. The van der Waals surface area contributed by atoms with Gasteiger partial charge in [-0.05, 0) is 84.1 Å². The van der Waals surface area contributed by atoms with Gasteiger partial charge in [0.05, 0.1) is 12.1 Å². The molecule has 2 saturated heterocycles. The van der Waals surface area contributed by atoms with E-state index in [0.717, 1.165) is 51.5 Å². The van der Waals surface area contributed by atoms with Gasteiger partial charge in [0, 0.05) is 25.2 Å². The van der Waals surface area contributed by atoms with Crippen molar-refractivity contribution in [3.63, 3.8) is 0 Å². The highest BCUT2D eigenvalue weighted by molar-refractivity contribution is 5.96. The predicted molar refractivity (Wildman–Crippen MR) is 160 cm³/mol. The van der Waals surface area contributed by atoms with E-state index >= 15 is 0 Å². The van der Waals surface area contributed by atoms with Crippen molar-refractivity contribution in [2.24, 2.45) is 11.8 Å². The second-order valence-corrected chi connectivity index (χ2v) is 13.3. The molecule has 41 heavy (non-hydrogen) atoms. The summed E-state index contributed by atoms with van der Waals surface area (Å²) < 4.78 is 5.62. The molecule has 0 aromatic rings. The molecule has 1 aliphatic carbocycles. The summed E-state index contributed by atoms with van der Waals surface area (Å²) in [4.78, 5) is 59.1. The Morgan fingerprint density at radius 2 is 1.51 bits per heavy atom. The zero-order valence-electron chi connectivity index (χ0n) is 26.7. The normalized spacial score (nSPS) is 23.9. The summed E-state index contributed by atoms with van der Waals surface area (Å²) in [6, 6.07) is -1.54. The summed E-state index contributed by atoms with van der Waals surface area (Å²) >= 11 is 0. The number of hydrogen-bond acceptors (Lipinski definition) is 6. The number of nitrogens with zero attached hydrogens (tertiary/aromatic N) is 3. The van der Waals surface area contributed by atoms with E-state index in [2.05, 4.69) is 24.1 Å². The Bertz CT molecular complexity index is 973. The molecule has 1 unspecified atom stereocenters. The molecular weight excluding hydrogens is 520 g/mol. The van der Waals surface area contributed by atoms with Gasteiger partial charge in [-0.25, -0.2) is 4.79 Å². The van der Waals surface area contributed by atoms with Crippen molar-refractivity contribution < 1.29 is 23.9 Å². The molecule has 0 radical (unpaired) electrons. The molecule has 3 aliphatic rings. The number of nitrogens with one attached hydrogen (secondary N) is 1. The van der Waals surface area contributed by atoms with Gasteiger partial charge in [-0.2, -0.15) is 0 Å². The number of piperidine rings is 1. The lowest BCUT2D eigenvalue weighted by atomic mass is 9.95. The van der Waals surface area contributed by atoms with Gasteiger partial charge in [0.1, 0.15) is 18.2 Å². The number of hydrogen-bond donors (Lipinski definition) is 1. The maximum absolute atomic E-state index is 13.9. The summed E-state index contributed by atoms with van der Waals surface area (Å²) in [5.41, 5.74) is 0.506. The van der Waals surface area contributed by atoms with E-state index in [1.165, 1.54) is 0 Å². The molecule has 1 saturated carbocycles. The first-order valence-electron chi connectivity index (χ1n) is 15.9. The number of carbonyl (C=O) groups excluding carboxylic acids is 4. The third-order valence-electron chi connectivity index (χ3n) is 9.10. The molecule has 2 aliphatic heterocycles. The third-order valence-corrected chi connectivity index (χ3v) is 9.10. The van der Waals surface area contributed by atoms with Crippen LogP contribution < -0.4 is 5.32 Å². The van der Waals surface area contributed by atoms with Gasteiger partial charge in [-0.3, -0.25) is 19.3 Å². The molecule has 0 bridgehead atoms. The molecule has 232 valence electrons. The Kier molecular flexibility index (Phi) is 11.8. The Balaban J connectivity index is 1.72. The number of ether oxygens (including phenoxy) is 1. The summed E-state index contributed by atoms with van der Waals surface area (Å²) in [6.07, 6.45) is 8.97. The topological polar surface area (TPSA) is 99.3 Å². The van der Waals surface area contributed by atoms with Gasteiger partial charge in [0.2, 0.25) is 17.7 Å². The van der Waals surface area contributed by atoms with Crippen LogP contribution >= 0.6 is 0 Å². The summed E-state index contributed by atoms with van der Waals surface area (Å²) in [7, 11) is 1.75. The summed E-state index contributed by atoms with van der Waals surface area (Å²) in [5, 5.41) is 3.09. The molecule has 0 aromatic heterocycles. The monoisotopic (exact) mass is 574 g/mol. The first-order chi connectivity index (χ1) is 19.3. The van der Waals surface area contributed by atoms with Crippen LogP contribution in [0.5, 0.6) is 0 Å². The number of amides is 3. The molecule has 9 nitrogen and oxygen atoms in total. The highest BCUT2D eigenvalue weighted by Crippen LogP contribution is 2.27. The van der Waals surface area contributed by atoms with Gasteiger partial charge >= 0.3 is 5.97 Å². The second kappa shape index (κ2) is 14.7. The fourth-order valence-corrected chi connectivity index (χ4v) is 6.27. The molecule has 3 rings (SSSR count). The smallest absolute Gasteiger partial charge is 0.329 e. The molecule has 9 heteroatoms. The number of esters is 1. The predicted octanol–water partition coefficient (Wildman–Crippen LogP) is 3.91. The Hall–Kier alpha value is -2.42. The lowest BCUT2D eigenvalue weighted by Gasteiger charge is -2.39. The minimum absolute atomic E-state index is 0.0115. The molecule has 0 aromatic carbocycles. The fourth-order valence-electron chi connectivity index (χ4n) is 6.27. The number of carbonyl (C=O) groups is 4. The van der Waals surface area contributed by atoms with Crippen molar-refractivity contribution in [2.75, 3.05) is 20.1 Å². The fraction of sp³-hybridized carbons (Fsp3) is 0.812. The van der Waals surface area contributed by atoms with Crippen LogP contribution in [0, 0.1) is 11.8 Å². The van der Waals surface area contributed by atoms with E-state index in [0.29, 0.717) is 18.5 Å². The van der Waals surface area contributed by atoms with Crippen molar-refractivity contribution in [1.82, 2.24) is 20.0 Å². The Morgan fingerprint density at radius 1 is 0.854 bits per heavy atom. The van der Waals surface area contributed by atoms with Crippen molar-refractivity contribution in [3.05, 3.63) is 11.6 Å². The minimum Gasteiger partial charge on any atom is -0.461 e. The van der Waals surface area contributed by atoms with Crippen molar-refractivity contribution in [3.8, 4) is 0 Å². The quantitative estimate of drug-likeness (QED) is 0.297. The highest BCUT2D eigenvalue weighted by atomic mass is 16.5. The largest absolute Gasteiger partial charge is 0.461 e.